The fraction of sp³-hybridized carbons (Fsp3) is 0.857. The van der Waals surface area contributed by atoms with Gasteiger partial charge >= 0.3 is 5.97 Å². The van der Waals surface area contributed by atoms with Gasteiger partial charge in [0.25, 0.3) is 0 Å². The van der Waals surface area contributed by atoms with Gasteiger partial charge in [0.05, 0.1) is 12.0 Å². The van der Waals surface area contributed by atoms with Crippen LogP contribution in [0.4, 0.5) is 0 Å². The summed E-state index contributed by atoms with van der Waals surface area (Å²) in [6.45, 7) is 0. The van der Waals surface area contributed by atoms with Crippen molar-refractivity contribution in [1.82, 2.24) is 0 Å². The number of aliphatic hydroxyl groups excluding tert-OH is 1. The number of hydrogen-bond acceptors (Lipinski definition) is 3. The summed E-state index contributed by atoms with van der Waals surface area (Å²) < 4.78 is 0. The standard InChI is InChI=1S/C7H13NO3/c8-5-2-1-4(7(10)11)3-6(5)9/h4-6,9H,1-3,8H2,(H,10,11)/t4-,5-,6-/m0/s1. The van der Waals surface area contributed by atoms with Gasteiger partial charge in [-0.25, -0.2) is 0 Å². The van der Waals surface area contributed by atoms with Crippen LogP contribution in [0.2, 0.25) is 0 Å². The van der Waals surface area contributed by atoms with Crippen molar-refractivity contribution >= 4 is 5.97 Å². The number of rotatable bonds is 1. The normalized spacial score (nSPS) is 38.5. The van der Waals surface area contributed by atoms with E-state index in [0.717, 1.165) is 0 Å². The Kier molecular flexibility index (Phi) is 2.46. The van der Waals surface area contributed by atoms with Crippen molar-refractivity contribution in [1.29, 1.82) is 0 Å². The summed E-state index contributed by atoms with van der Waals surface area (Å²) >= 11 is 0. The molecule has 0 aromatic carbocycles. The molecular formula is C7H13NO3. The second-order valence-corrected chi connectivity index (χ2v) is 3.08. The predicted molar refractivity (Wildman–Crippen MR) is 39.0 cm³/mol. The largest absolute Gasteiger partial charge is 0.481 e. The molecule has 4 heteroatoms. The van der Waals surface area contributed by atoms with Crippen molar-refractivity contribution in [2.45, 2.75) is 31.4 Å². The first-order valence-corrected chi connectivity index (χ1v) is 3.77. The van der Waals surface area contributed by atoms with E-state index >= 15 is 0 Å². The third-order valence-electron chi connectivity index (χ3n) is 2.22. The highest BCUT2D eigenvalue weighted by Gasteiger charge is 2.30. The smallest absolute Gasteiger partial charge is 0.306 e. The molecule has 11 heavy (non-hydrogen) atoms. The quantitative estimate of drug-likeness (QED) is 0.484. The highest BCUT2D eigenvalue weighted by atomic mass is 16.4. The van der Waals surface area contributed by atoms with Crippen molar-refractivity contribution in [3.8, 4) is 0 Å². The number of aliphatic carboxylic acids is 1. The zero-order valence-electron chi connectivity index (χ0n) is 6.23. The van der Waals surface area contributed by atoms with Crippen LogP contribution in [0, 0.1) is 5.92 Å². The number of carboxylic acids is 1. The molecule has 1 aliphatic rings. The van der Waals surface area contributed by atoms with Gasteiger partial charge in [-0.05, 0) is 19.3 Å². The van der Waals surface area contributed by atoms with Crippen molar-refractivity contribution in [3.05, 3.63) is 0 Å². The number of aliphatic hydroxyl groups is 1. The minimum absolute atomic E-state index is 0.231. The lowest BCUT2D eigenvalue weighted by molar-refractivity contribution is -0.144. The van der Waals surface area contributed by atoms with Crippen LogP contribution in [-0.4, -0.2) is 28.3 Å². The van der Waals surface area contributed by atoms with E-state index in [1.165, 1.54) is 0 Å². The van der Waals surface area contributed by atoms with E-state index in [9.17, 15) is 9.90 Å². The molecule has 0 aromatic rings. The molecule has 0 amide bonds. The van der Waals surface area contributed by atoms with Gasteiger partial charge in [-0.3, -0.25) is 4.79 Å². The molecule has 0 heterocycles. The summed E-state index contributed by atoms with van der Waals surface area (Å²) in [6.07, 6.45) is 0.868. The molecule has 4 nitrogen and oxygen atoms in total. The Morgan fingerprint density at radius 3 is 2.55 bits per heavy atom. The second-order valence-electron chi connectivity index (χ2n) is 3.08. The molecule has 0 bridgehead atoms. The lowest BCUT2D eigenvalue weighted by Gasteiger charge is -2.28. The first-order chi connectivity index (χ1) is 5.11. The topological polar surface area (TPSA) is 83.6 Å². The molecule has 0 spiro atoms. The Labute approximate surface area is 65.0 Å². The van der Waals surface area contributed by atoms with Crippen LogP contribution in [0.25, 0.3) is 0 Å². The fourth-order valence-corrected chi connectivity index (χ4v) is 1.39. The van der Waals surface area contributed by atoms with Crippen molar-refractivity contribution in [2.24, 2.45) is 11.7 Å². The molecule has 1 rings (SSSR count). The van der Waals surface area contributed by atoms with Crippen LogP contribution in [-0.2, 0) is 4.79 Å². The summed E-state index contributed by atoms with van der Waals surface area (Å²) in [7, 11) is 0. The van der Waals surface area contributed by atoms with Gasteiger partial charge in [-0.15, -0.1) is 0 Å². The van der Waals surface area contributed by atoms with Crippen LogP contribution < -0.4 is 5.73 Å². The second kappa shape index (κ2) is 3.19. The maximum atomic E-state index is 10.5. The van der Waals surface area contributed by atoms with Crippen LogP contribution in [0.3, 0.4) is 0 Å². The van der Waals surface area contributed by atoms with Crippen LogP contribution in [0.5, 0.6) is 0 Å². The zero-order chi connectivity index (χ0) is 8.43. The van der Waals surface area contributed by atoms with Gasteiger partial charge in [0.15, 0.2) is 0 Å². The van der Waals surface area contributed by atoms with E-state index in [1.807, 2.05) is 0 Å². The molecule has 1 saturated carbocycles. The SMILES string of the molecule is N[C@H]1CC[C@H](C(=O)O)C[C@@H]1O. The van der Waals surface area contributed by atoms with E-state index in [2.05, 4.69) is 0 Å². The first kappa shape index (κ1) is 8.49. The minimum Gasteiger partial charge on any atom is -0.481 e. The molecule has 0 aromatic heterocycles. The summed E-state index contributed by atoms with van der Waals surface area (Å²) in [6, 6.07) is -0.231. The molecule has 0 saturated heterocycles. The highest BCUT2D eigenvalue weighted by molar-refractivity contribution is 5.70. The van der Waals surface area contributed by atoms with E-state index in [1.54, 1.807) is 0 Å². The first-order valence-electron chi connectivity index (χ1n) is 3.77. The molecular weight excluding hydrogens is 146 g/mol. The van der Waals surface area contributed by atoms with Crippen molar-refractivity contribution in [2.75, 3.05) is 0 Å². The van der Waals surface area contributed by atoms with E-state index in [0.29, 0.717) is 19.3 Å². The van der Waals surface area contributed by atoms with E-state index in [-0.39, 0.29) is 6.04 Å². The van der Waals surface area contributed by atoms with Crippen molar-refractivity contribution < 1.29 is 15.0 Å². The summed E-state index contributed by atoms with van der Waals surface area (Å²) in [4.78, 5) is 10.5. The summed E-state index contributed by atoms with van der Waals surface area (Å²) in [5.74, 6) is -1.22. The van der Waals surface area contributed by atoms with Crippen LogP contribution in [0.15, 0.2) is 0 Å². The van der Waals surface area contributed by atoms with E-state index < -0.39 is 18.0 Å². The van der Waals surface area contributed by atoms with Gasteiger partial charge in [-0.2, -0.15) is 0 Å². The molecule has 3 atom stereocenters. The molecule has 1 aliphatic carbocycles. The van der Waals surface area contributed by atoms with Gasteiger partial charge in [-0.1, -0.05) is 0 Å². The Morgan fingerprint density at radius 2 is 2.09 bits per heavy atom. The molecule has 1 fully saturated rings. The number of nitrogens with two attached hydrogens (primary N) is 1. The lowest BCUT2D eigenvalue weighted by atomic mass is 9.84. The molecule has 0 unspecified atom stereocenters. The Hall–Kier alpha value is -0.610. The molecule has 0 aliphatic heterocycles. The summed E-state index contributed by atoms with van der Waals surface area (Å²) in [5.41, 5.74) is 5.50. The zero-order valence-corrected chi connectivity index (χ0v) is 6.23. The highest BCUT2D eigenvalue weighted by Crippen LogP contribution is 2.23. The van der Waals surface area contributed by atoms with Gasteiger partial charge in [0, 0.05) is 6.04 Å². The number of carbonyl (C=O) groups is 1. The van der Waals surface area contributed by atoms with Gasteiger partial charge in [0.2, 0.25) is 0 Å². The van der Waals surface area contributed by atoms with Crippen LogP contribution >= 0.6 is 0 Å². The average molecular weight is 159 g/mol. The molecule has 0 radical (unpaired) electrons. The minimum atomic E-state index is -0.823. The maximum Gasteiger partial charge on any atom is 0.306 e. The monoisotopic (exact) mass is 159 g/mol. The van der Waals surface area contributed by atoms with Crippen molar-refractivity contribution in [3.63, 3.8) is 0 Å². The fourth-order valence-electron chi connectivity index (χ4n) is 1.39. The Bertz CT molecular complexity index is 160. The van der Waals surface area contributed by atoms with E-state index in [4.69, 9.17) is 10.8 Å². The number of hydrogen-bond donors (Lipinski definition) is 3. The Morgan fingerprint density at radius 1 is 1.45 bits per heavy atom. The average Bonchev–Trinajstić information content (AvgIpc) is 1.94. The van der Waals surface area contributed by atoms with Crippen LogP contribution in [0.1, 0.15) is 19.3 Å². The third-order valence-corrected chi connectivity index (χ3v) is 2.22. The summed E-state index contributed by atoms with van der Waals surface area (Å²) in [5, 5.41) is 17.8. The number of carboxylic acid groups (broad SMARTS) is 1. The lowest BCUT2D eigenvalue weighted by Crippen LogP contribution is -2.41. The third kappa shape index (κ3) is 1.91. The Balaban J connectivity index is 2.46. The maximum absolute atomic E-state index is 10.5. The van der Waals surface area contributed by atoms with Gasteiger partial charge in [0.1, 0.15) is 0 Å². The van der Waals surface area contributed by atoms with Gasteiger partial charge < -0.3 is 15.9 Å². The predicted octanol–water partition coefficient (Wildman–Crippen LogP) is -0.441. The molecule has 4 N–H and O–H groups in total. The molecule has 64 valence electrons.